The molecule has 1 aliphatic heterocycles. The monoisotopic (exact) mass is 391 g/mol. The second kappa shape index (κ2) is 7.92. The standard InChI is InChI=1S/C17H22BrN5O/c1-13-16(12-21-23(13)15-4-2-14(18)3-5-15)17(24)20-8-11-22-9-6-19-7-10-22/h2-5,12,19H,6-11H2,1H3,(H,20,24). The van der Waals surface area contributed by atoms with E-state index in [1.165, 1.54) is 0 Å². The molecule has 0 atom stereocenters. The van der Waals surface area contributed by atoms with Gasteiger partial charge in [0, 0.05) is 43.7 Å². The van der Waals surface area contributed by atoms with Gasteiger partial charge >= 0.3 is 0 Å². The summed E-state index contributed by atoms with van der Waals surface area (Å²) in [6.45, 7) is 7.57. The van der Waals surface area contributed by atoms with Crippen LogP contribution in [-0.4, -0.2) is 59.9 Å². The molecule has 2 aromatic rings. The third-order valence-electron chi connectivity index (χ3n) is 4.25. The molecule has 0 bridgehead atoms. The maximum Gasteiger partial charge on any atom is 0.254 e. The van der Waals surface area contributed by atoms with E-state index in [9.17, 15) is 4.79 Å². The van der Waals surface area contributed by atoms with Gasteiger partial charge in [-0.15, -0.1) is 0 Å². The minimum Gasteiger partial charge on any atom is -0.351 e. The van der Waals surface area contributed by atoms with Crippen LogP contribution in [0.25, 0.3) is 5.69 Å². The van der Waals surface area contributed by atoms with Crippen LogP contribution >= 0.6 is 15.9 Å². The maximum absolute atomic E-state index is 12.4. The van der Waals surface area contributed by atoms with E-state index in [-0.39, 0.29) is 5.91 Å². The second-order valence-corrected chi connectivity index (χ2v) is 6.80. The molecule has 1 aromatic carbocycles. The van der Waals surface area contributed by atoms with E-state index in [1.54, 1.807) is 10.9 Å². The number of amides is 1. The number of hydrogen-bond donors (Lipinski definition) is 2. The Kier molecular flexibility index (Phi) is 5.65. The topological polar surface area (TPSA) is 62.2 Å². The zero-order valence-electron chi connectivity index (χ0n) is 13.8. The van der Waals surface area contributed by atoms with Crippen LogP contribution in [0.2, 0.25) is 0 Å². The van der Waals surface area contributed by atoms with Gasteiger partial charge in [-0.3, -0.25) is 9.69 Å². The Morgan fingerprint density at radius 1 is 1.29 bits per heavy atom. The molecular formula is C17H22BrN5O. The van der Waals surface area contributed by atoms with Gasteiger partial charge in [0.1, 0.15) is 0 Å². The predicted octanol–water partition coefficient (Wildman–Crippen LogP) is 1.58. The summed E-state index contributed by atoms with van der Waals surface area (Å²) in [4.78, 5) is 14.8. The van der Waals surface area contributed by atoms with Crippen molar-refractivity contribution in [3.05, 3.63) is 46.2 Å². The molecule has 2 heterocycles. The van der Waals surface area contributed by atoms with Crippen LogP contribution in [0, 0.1) is 6.92 Å². The van der Waals surface area contributed by atoms with E-state index < -0.39 is 0 Å². The fraction of sp³-hybridized carbons (Fsp3) is 0.412. The first kappa shape index (κ1) is 17.1. The lowest BCUT2D eigenvalue weighted by atomic mass is 10.2. The van der Waals surface area contributed by atoms with E-state index in [2.05, 4.69) is 36.6 Å². The van der Waals surface area contributed by atoms with Crippen LogP contribution in [0.4, 0.5) is 0 Å². The molecule has 128 valence electrons. The molecule has 24 heavy (non-hydrogen) atoms. The van der Waals surface area contributed by atoms with E-state index in [0.29, 0.717) is 12.1 Å². The molecule has 0 aliphatic carbocycles. The fourth-order valence-corrected chi connectivity index (χ4v) is 3.10. The lowest BCUT2D eigenvalue weighted by molar-refractivity contribution is 0.0946. The molecule has 7 heteroatoms. The summed E-state index contributed by atoms with van der Waals surface area (Å²) in [5.41, 5.74) is 2.41. The minimum atomic E-state index is -0.0639. The van der Waals surface area contributed by atoms with Gasteiger partial charge in [0.25, 0.3) is 5.91 Å². The van der Waals surface area contributed by atoms with Gasteiger partial charge in [0.15, 0.2) is 0 Å². The summed E-state index contributed by atoms with van der Waals surface area (Å²) in [5, 5.41) is 10.7. The SMILES string of the molecule is Cc1c(C(=O)NCCN2CCNCC2)cnn1-c1ccc(Br)cc1. The molecule has 1 fully saturated rings. The Labute approximate surface area is 150 Å². The molecule has 1 aliphatic rings. The van der Waals surface area contributed by atoms with E-state index in [0.717, 1.165) is 48.6 Å². The highest BCUT2D eigenvalue weighted by Gasteiger charge is 2.15. The van der Waals surface area contributed by atoms with Crippen molar-refractivity contribution in [1.82, 2.24) is 25.3 Å². The van der Waals surface area contributed by atoms with Crippen molar-refractivity contribution in [1.29, 1.82) is 0 Å². The van der Waals surface area contributed by atoms with Crippen molar-refractivity contribution >= 4 is 21.8 Å². The largest absolute Gasteiger partial charge is 0.351 e. The second-order valence-electron chi connectivity index (χ2n) is 5.88. The molecule has 1 saturated heterocycles. The molecule has 2 N–H and O–H groups in total. The van der Waals surface area contributed by atoms with Crippen molar-refractivity contribution < 1.29 is 4.79 Å². The van der Waals surface area contributed by atoms with Gasteiger partial charge in [-0.25, -0.2) is 4.68 Å². The predicted molar refractivity (Wildman–Crippen MR) is 97.6 cm³/mol. The van der Waals surface area contributed by atoms with Crippen molar-refractivity contribution in [2.45, 2.75) is 6.92 Å². The molecule has 0 unspecified atom stereocenters. The summed E-state index contributed by atoms with van der Waals surface area (Å²) in [6, 6.07) is 7.86. The van der Waals surface area contributed by atoms with Gasteiger partial charge in [0.2, 0.25) is 0 Å². The quantitative estimate of drug-likeness (QED) is 0.811. The summed E-state index contributed by atoms with van der Waals surface area (Å²) in [6.07, 6.45) is 1.64. The van der Waals surface area contributed by atoms with Crippen LogP contribution in [-0.2, 0) is 0 Å². The van der Waals surface area contributed by atoms with E-state index >= 15 is 0 Å². The number of nitrogens with zero attached hydrogens (tertiary/aromatic N) is 3. The third kappa shape index (κ3) is 4.03. The van der Waals surface area contributed by atoms with Gasteiger partial charge in [-0.05, 0) is 31.2 Å². The zero-order valence-corrected chi connectivity index (χ0v) is 15.3. The van der Waals surface area contributed by atoms with E-state index in [4.69, 9.17) is 0 Å². The summed E-state index contributed by atoms with van der Waals surface area (Å²) in [5.74, 6) is -0.0639. The molecule has 0 spiro atoms. The molecule has 0 radical (unpaired) electrons. The maximum atomic E-state index is 12.4. The Hall–Kier alpha value is -1.70. The number of nitrogens with one attached hydrogen (secondary N) is 2. The molecule has 1 aromatic heterocycles. The van der Waals surface area contributed by atoms with Crippen LogP contribution < -0.4 is 10.6 Å². The molecule has 0 saturated carbocycles. The first-order chi connectivity index (χ1) is 11.6. The van der Waals surface area contributed by atoms with Crippen LogP contribution in [0.5, 0.6) is 0 Å². The molecular weight excluding hydrogens is 370 g/mol. The third-order valence-corrected chi connectivity index (χ3v) is 4.78. The highest BCUT2D eigenvalue weighted by molar-refractivity contribution is 9.10. The van der Waals surface area contributed by atoms with Crippen molar-refractivity contribution in [2.24, 2.45) is 0 Å². The number of rotatable bonds is 5. The number of carbonyl (C=O) groups is 1. The Balaban J connectivity index is 1.60. The first-order valence-corrected chi connectivity index (χ1v) is 8.96. The highest BCUT2D eigenvalue weighted by Crippen LogP contribution is 2.17. The molecule has 1 amide bonds. The Bertz CT molecular complexity index is 692. The van der Waals surface area contributed by atoms with Gasteiger partial charge < -0.3 is 10.6 Å². The number of aromatic nitrogens is 2. The number of hydrogen-bond acceptors (Lipinski definition) is 4. The lowest BCUT2D eigenvalue weighted by Gasteiger charge is -2.27. The van der Waals surface area contributed by atoms with Crippen LogP contribution in [0.1, 0.15) is 16.1 Å². The van der Waals surface area contributed by atoms with Gasteiger partial charge in [-0.2, -0.15) is 5.10 Å². The van der Waals surface area contributed by atoms with Gasteiger partial charge in [0.05, 0.1) is 23.1 Å². The summed E-state index contributed by atoms with van der Waals surface area (Å²) < 4.78 is 2.81. The van der Waals surface area contributed by atoms with E-state index in [1.807, 2.05) is 31.2 Å². The van der Waals surface area contributed by atoms with Gasteiger partial charge in [-0.1, -0.05) is 15.9 Å². The minimum absolute atomic E-state index is 0.0639. The normalized spacial score (nSPS) is 15.4. The average Bonchev–Trinajstić information content (AvgIpc) is 2.98. The molecule has 3 rings (SSSR count). The first-order valence-electron chi connectivity index (χ1n) is 8.17. The highest BCUT2D eigenvalue weighted by atomic mass is 79.9. The number of carbonyl (C=O) groups excluding carboxylic acids is 1. The average molecular weight is 392 g/mol. The smallest absolute Gasteiger partial charge is 0.254 e. The van der Waals surface area contributed by atoms with Crippen molar-refractivity contribution in [2.75, 3.05) is 39.3 Å². The molecule has 6 nitrogen and oxygen atoms in total. The van der Waals surface area contributed by atoms with Crippen LogP contribution in [0.15, 0.2) is 34.9 Å². The number of benzene rings is 1. The number of piperazine rings is 1. The summed E-state index contributed by atoms with van der Waals surface area (Å²) in [7, 11) is 0. The van der Waals surface area contributed by atoms with Crippen molar-refractivity contribution in [3.63, 3.8) is 0 Å². The lowest BCUT2D eigenvalue weighted by Crippen LogP contribution is -2.46. The summed E-state index contributed by atoms with van der Waals surface area (Å²) >= 11 is 3.42. The Morgan fingerprint density at radius 2 is 2.00 bits per heavy atom. The van der Waals surface area contributed by atoms with Crippen molar-refractivity contribution in [3.8, 4) is 5.69 Å². The van der Waals surface area contributed by atoms with Crippen LogP contribution in [0.3, 0.4) is 0 Å². The number of halogens is 1. The Morgan fingerprint density at radius 3 is 2.71 bits per heavy atom. The fourth-order valence-electron chi connectivity index (χ4n) is 2.83. The zero-order chi connectivity index (χ0) is 16.9.